The van der Waals surface area contributed by atoms with Crippen LogP contribution in [0.5, 0.6) is 0 Å². The standard InChI is InChI=1S/C14H17FN2O3S/c1-8-4-5-11(6-13(8)15)17-21(18,19)14-10(3)20-9(2)12(14)7-16/h4-6,17H,7,16H2,1-3H3. The minimum atomic E-state index is -3.89. The summed E-state index contributed by atoms with van der Waals surface area (Å²) in [4.78, 5) is 0.0171. The molecule has 114 valence electrons. The molecule has 0 spiro atoms. The monoisotopic (exact) mass is 312 g/mol. The average molecular weight is 312 g/mol. The first-order chi connectivity index (χ1) is 9.76. The Morgan fingerprint density at radius 2 is 1.90 bits per heavy atom. The number of anilines is 1. The molecular formula is C14H17FN2O3S. The third-order valence-electron chi connectivity index (χ3n) is 3.22. The van der Waals surface area contributed by atoms with Crippen molar-refractivity contribution in [3.05, 3.63) is 46.7 Å². The molecule has 0 saturated heterocycles. The normalized spacial score (nSPS) is 11.7. The lowest BCUT2D eigenvalue weighted by Gasteiger charge is -2.09. The van der Waals surface area contributed by atoms with Gasteiger partial charge in [0, 0.05) is 12.1 Å². The highest BCUT2D eigenvalue weighted by Crippen LogP contribution is 2.28. The molecule has 0 unspecified atom stereocenters. The predicted octanol–water partition coefficient (Wildman–Crippen LogP) is 2.60. The van der Waals surface area contributed by atoms with E-state index in [1.807, 2.05) is 0 Å². The molecule has 3 N–H and O–H groups in total. The van der Waals surface area contributed by atoms with Crippen LogP contribution < -0.4 is 10.5 Å². The lowest BCUT2D eigenvalue weighted by atomic mass is 10.2. The third-order valence-corrected chi connectivity index (χ3v) is 4.80. The van der Waals surface area contributed by atoms with Crippen LogP contribution >= 0.6 is 0 Å². The second-order valence-electron chi connectivity index (χ2n) is 4.80. The largest absolute Gasteiger partial charge is 0.465 e. The second kappa shape index (κ2) is 5.50. The summed E-state index contributed by atoms with van der Waals surface area (Å²) < 4.78 is 46.1. The van der Waals surface area contributed by atoms with Crippen LogP contribution in [0.1, 0.15) is 22.6 Å². The SMILES string of the molecule is Cc1ccc(NS(=O)(=O)c2c(C)oc(C)c2CN)cc1F. The van der Waals surface area contributed by atoms with E-state index in [1.54, 1.807) is 20.8 Å². The highest BCUT2D eigenvalue weighted by atomic mass is 32.2. The van der Waals surface area contributed by atoms with Crippen molar-refractivity contribution < 1.29 is 17.2 Å². The van der Waals surface area contributed by atoms with E-state index in [-0.39, 0.29) is 22.9 Å². The summed E-state index contributed by atoms with van der Waals surface area (Å²) in [6.45, 7) is 4.85. The summed E-state index contributed by atoms with van der Waals surface area (Å²) in [5, 5.41) is 0. The summed E-state index contributed by atoms with van der Waals surface area (Å²) in [5.74, 6) is 0.243. The first kappa shape index (κ1) is 15.5. The summed E-state index contributed by atoms with van der Waals surface area (Å²) in [7, 11) is -3.89. The number of nitrogens with one attached hydrogen (secondary N) is 1. The lowest BCUT2D eigenvalue weighted by molar-refractivity contribution is 0.494. The fourth-order valence-electron chi connectivity index (χ4n) is 2.16. The Morgan fingerprint density at radius 1 is 1.24 bits per heavy atom. The van der Waals surface area contributed by atoms with Crippen molar-refractivity contribution >= 4 is 15.7 Å². The van der Waals surface area contributed by atoms with E-state index in [0.717, 1.165) is 6.07 Å². The van der Waals surface area contributed by atoms with Gasteiger partial charge in [-0.25, -0.2) is 12.8 Å². The van der Waals surface area contributed by atoms with Gasteiger partial charge in [0.25, 0.3) is 10.0 Å². The Balaban J connectivity index is 2.45. The highest BCUT2D eigenvalue weighted by molar-refractivity contribution is 7.92. The van der Waals surface area contributed by atoms with Gasteiger partial charge in [0.2, 0.25) is 0 Å². The van der Waals surface area contributed by atoms with Crippen molar-refractivity contribution in [1.29, 1.82) is 0 Å². The zero-order chi connectivity index (χ0) is 15.8. The average Bonchev–Trinajstić information content (AvgIpc) is 2.68. The molecule has 5 nitrogen and oxygen atoms in total. The number of hydrogen-bond donors (Lipinski definition) is 2. The van der Waals surface area contributed by atoms with E-state index in [4.69, 9.17) is 10.2 Å². The molecule has 0 aliphatic carbocycles. The minimum Gasteiger partial charge on any atom is -0.465 e. The van der Waals surface area contributed by atoms with Crippen LogP contribution in [0.3, 0.4) is 0 Å². The Labute approximate surface area is 123 Å². The Hall–Kier alpha value is -1.86. The number of nitrogens with two attached hydrogens (primary N) is 1. The van der Waals surface area contributed by atoms with Gasteiger partial charge in [0.15, 0.2) is 0 Å². The molecule has 1 aromatic carbocycles. The van der Waals surface area contributed by atoms with Crippen LogP contribution in [0, 0.1) is 26.6 Å². The molecule has 21 heavy (non-hydrogen) atoms. The molecule has 0 saturated carbocycles. The zero-order valence-electron chi connectivity index (χ0n) is 12.0. The molecular weight excluding hydrogens is 295 g/mol. The molecule has 0 aliphatic rings. The van der Waals surface area contributed by atoms with E-state index < -0.39 is 15.8 Å². The summed E-state index contributed by atoms with van der Waals surface area (Å²) in [6, 6.07) is 4.14. The fraction of sp³-hybridized carbons (Fsp3) is 0.286. The first-order valence-corrected chi connectivity index (χ1v) is 7.82. The van der Waals surface area contributed by atoms with Crippen LogP contribution in [0.2, 0.25) is 0 Å². The molecule has 0 radical (unpaired) electrons. The number of hydrogen-bond acceptors (Lipinski definition) is 4. The van der Waals surface area contributed by atoms with Gasteiger partial charge in [-0.15, -0.1) is 0 Å². The van der Waals surface area contributed by atoms with Gasteiger partial charge in [-0.2, -0.15) is 0 Å². The maximum Gasteiger partial charge on any atom is 0.265 e. The smallest absolute Gasteiger partial charge is 0.265 e. The second-order valence-corrected chi connectivity index (χ2v) is 6.41. The van der Waals surface area contributed by atoms with Crippen LogP contribution in [-0.2, 0) is 16.6 Å². The molecule has 2 aromatic rings. The van der Waals surface area contributed by atoms with Gasteiger partial charge in [-0.3, -0.25) is 4.72 Å². The van der Waals surface area contributed by atoms with Crippen molar-refractivity contribution in [2.24, 2.45) is 5.73 Å². The van der Waals surface area contributed by atoms with E-state index in [0.29, 0.717) is 16.9 Å². The number of halogens is 1. The predicted molar refractivity (Wildman–Crippen MR) is 78.0 cm³/mol. The molecule has 1 heterocycles. The maximum atomic E-state index is 13.5. The van der Waals surface area contributed by atoms with Crippen molar-refractivity contribution in [2.45, 2.75) is 32.2 Å². The fourth-order valence-corrected chi connectivity index (χ4v) is 3.67. The number of benzene rings is 1. The van der Waals surface area contributed by atoms with Gasteiger partial charge in [-0.1, -0.05) is 6.07 Å². The number of aryl methyl sites for hydroxylation is 3. The molecule has 1 aromatic heterocycles. The summed E-state index contributed by atoms with van der Waals surface area (Å²) >= 11 is 0. The summed E-state index contributed by atoms with van der Waals surface area (Å²) in [5.41, 5.74) is 6.60. The van der Waals surface area contributed by atoms with Crippen molar-refractivity contribution in [1.82, 2.24) is 0 Å². The van der Waals surface area contributed by atoms with Crippen LogP contribution in [-0.4, -0.2) is 8.42 Å². The minimum absolute atomic E-state index is 0.0171. The van der Waals surface area contributed by atoms with Gasteiger partial charge in [-0.05, 0) is 38.5 Å². The molecule has 0 fully saturated rings. The third kappa shape index (κ3) is 2.93. The van der Waals surface area contributed by atoms with E-state index >= 15 is 0 Å². The van der Waals surface area contributed by atoms with Crippen molar-refractivity contribution in [2.75, 3.05) is 4.72 Å². The molecule has 0 aliphatic heterocycles. The quantitative estimate of drug-likeness (QED) is 0.908. The van der Waals surface area contributed by atoms with Gasteiger partial charge >= 0.3 is 0 Å². The summed E-state index contributed by atoms with van der Waals surface area (Å²) in [6.07, 6.45) is 0. The topological polar surface area (TPSA) is 85.3 Å². The van der Waals surface area contributed by atoms with Gasteiger partial charge in [0.05, 0.1) is 5.69 Å². The molecule has 7 heteroatoms. The number of sulfonamides is 1. The van der Waals surface area contributed by atoms with Crippen molar-refractivity contribution in [3.8, 4) is 0 Å². The zero-order valence-corrected chi connectivity index (χ0v) is 12.8. The lowest BCUT2D eigenvalue weighted by Crippen LogP contribution is -2.16. The number of rotatable bonds is 4. The van der Waals surface area contributed by atoms with E-state index in [1.165, 1.54) is 12.1 Å². The first-order valence-electron chi connectivity index (χ1n) is 6.34. The highest BCUT2D eigenvalue weighted by Gasteiger charge is 2.26. The van der Waals surface area contributed by atoms with Crippen molar-refractivity contribution in [3.63, 3.8) is 0 Å². The van der Waals surface area contributed by atoms with Gasteiger partial charge in [0.1, 0.15) is 22.2 Å². The Kier molecular flexibility index (Phi) is 4.06. The van der Waals surface area contributed by atoms with Crippen LogP contribution in [0.4, 0.5) is 10.1 Å². The molecule has 0 atom stereocenters. The maximum absolute atomic E-state index is 13.5. The van der Waals surface area contributed by atoms with E-state index in [2.05, 4.69) is 4.72 Å². The van der Waals surface area contributed by atoms with Crippen LogP contribution in [0.15, 0.2) is 27.5 Å². The molecule has 2 rings (SSSR count). The molecule has 0 bridgehead atoms. The van der Waals surface area contributed by atoms with E-state index in [9.17, 15) is 12.8 Å². The Bertz CT molecular complexity index is 782. The van der Waals surface area contributed by atoms with Crippen LogP contribution in [0.25, 0.3) is 0 Å². The number of furan rings is 1. The molecule has 0 amide bonds. The van der Waals surface area contributed by atoms with Gasteiger partial charge < -0.3 is 10.2 Å². The Morgan fingerprint density at radius 3 is 2.48 bits per heavy atom.